The molecule has 0 fully saturated rings. The van der Waals surface area contributed by atoms with E-state index in [-0.39, 0.29) is 0 Å². The van der Waals surface area contributed by atoms with Gasteiger partial charge in [0, 0.05) is 0 Å². The number of hydrogen-bond donors (Lipinski definition) is 0. The number of rotatable bonds is 12. The zero-order valence-corrected chi connectivity index (χ0v) is 13.2. The summed E-state index contributed by atoms with van der Waals surface area (Å²) in [6.45, 7) is 16.3. The molecule has 0 rings (SSSR count). The fourth-order valence-electron chi connectivity index (χ4n) is 1.96. The van der Waals surface area contributed by atoms with E-state index in [9.17, 15) is 0 Å². The van der Waals surface area contributed by atoms with Crippen molar-refractivity contribution in [2.45, 2.75) is 40.5 Å². The van der Waals surface area contributed by atoms with Gasteiger partial charge in [0.2, 0.25) is 0 Å². The van der Waals surface area contributed by atoms with Gasteiger partial charge in [-0.2, -0.15) is 11.8 Å². The van der Waals surface area contributed by atoms with Crippen LogP contribution in [-0.4, -0.2) is 60.6 Å². The van der Waals surface area contributed by atoms with E-state index in [0.717, 1.165) is 0 Å². The summed E-state index contributed by atoms with van der Waals surface area (Å²) >= 11 is 2.13. The molecule has 0 aliphatic heterocycles. The molecule has 17 heavy (non-hydrogen) atoms. The highest BCUT2D eigenvalue weighted by molar-refractivity contribution is 7.99. The van der Waals surface area contributed by atoms with E-state index in [1.54, 1.807) is 0 Å². The molecular weight excluding hydrogens is 228 g/mol. The van der Waals surface area contributed by atoms with E-state index in [2.05, 4.69) is 49.3 Å². The summed E-state index contributed by atoms with van der Waals surface area (Å²) < 4.78 is 0. The minimum atomic E-state index is 1.20. The van der Waals surface area contributed by atoms with Crippen LogP contribution in [0.4, 0.5) is 0 Å². The van der Waals surface area contributed by atoms with Gasteiger partial charge in [-0.1, -0.05) is 27.7 Å². The molecule has 0 heterocycles. The molecule has 0 aromatic rings. The zero-order chi connectivity index (χ0) is 12.9. The molecule has 0 saturated heterocycles. The van der Waals surface area contributed by atoms with Crippen LogP contribution in [0.15, 0.2) is 0 Å². The summed E-state index contributed by atoms with van der Waals surface area (Å²) in [6.07, 6.45) is 2.69. The SMILES string of the molecule is CCN(CC)CCCSCCCN(CC)CC. The monoisotopic (exact) mass is 260 g/mol. The van der Waals surface area contributed by atoms with Crippen molar-refractivity contribution in [1.82, 2.24) is 9.80 Å². The zero-order valence-electron chi connectivity index (χ0n) is 12.4. The Balaban J connectivity index is 3.23. The lowest BCUT2D eigenvalue weighted by molar-refractivity contribution is 0.304. The lowest BCUT2D eigenvalue weighted by Crippen LogP contribution is -2.25. The molecule has 0 bridgehead atoms. The van der Waals surface area contributed by atoms with Crippen LogP contribution < -0.4 is 0 Å². The van der Waals surface area contributed by atoms with Crippen molar-refractivity contribution < 1.29 is 0 Å². The fourth-order valence-corrected chi connectivity index (χ4v) is 2.83. The van der Waals surface area contributed by atoms with Crippen molar-refractivity contribution in [3.8, 4) is 0 Å². The minimum Gasteiger partial charge on any atom is -0.304 e. The standard InChI is InChI=1S/C14H32N2S/c1-5-15(6-2)11-9-13-17-14-10-12-16(7-3)8-4/h5-14H2,1-4H3. The molecule has 104 valence electrons. The normalized spacial score (nSPS) is 11.6. The summed E-state index contributed by atoms with van der Waals surface area (Å²) in [5, 5.41) is 0. The molecule has 0 aliphatic rings. The fraction of sp³-hybridized carbons (Fsp3) is 1.00. The van der Waals surface area contributed by atoms with Crippen molar-refractivity contribution in [1.29, 1.82) is 0 Å². The van der Waals surface area contributed by atoms with Crippen LogP contribution in [0.1, 0.15) is 40.5 Å². The highest BCUT2D eigenvalue weighted by atomic mass is 32.2. The van der Waals surface area contributed by atoms with Crippen molar-refractivity contribution in [3.63, 3.8) is 0 Å². The van der Waals surface area contributed by atoms with Crippen molar-refractivity contribution in [2.75, 3.05) is 50.8 Å². The Bertz CT molecular complexity index is 129. The van der Waals surface area contributed by atoms with Gasteiger partial charge < -0.3 is 9.80 Å². The van der Waals surface area contributed by atoms with Gasteiger partial charge in [-0.25, -0.2) is 0 Å². The molecule has 0 aromatic heterocycles. The first-order chi connectivity index (χ1) is 8.28. The van der Waals surface area contributed by atoms with Gasteiger partial charge in [0.1, 0.15) is 0 Å². The molecular formula is C14H32N2S. The Morgan fingerprint density at radius 3 is 1.29 bits per heavy atom. The van der Waals surface area contributed by atoms with Gasteiger partial charge >= 0.3 is 0 Å². The van der Waals surface area contributed by atoms with Gasteiger partial charge in [-0.05, 0) is 63.6 Å². The first kappa shape index (κ1) is 17.3. The molecule has 0 atom stereocenters. The van der Waals surface area contributed by atoms with Gasteiger partial charge in [0.15, 0.2) is 0 Å². The van der Waals surface area contributed by atoms with E-state index >= 15 is 0 Å². The predicted molar refractivity (Wildman–Crippen MR) is 82.1 cm³/mol. The van der Waals surface area contributed by atoms with E-state index in [1.165, 1.54) is 63.6 Å². The quantitative estimate of drug-likeness (QED) is 0.498. The third-order valence-corrected chi connectivity index (χ3v) is 4.47. The largest absolute Gasteiger partial charge is 0.304 e. The average Bonchev–Trinajstić information content (AvgIpc) is 2.37. The van der Waals surface area contributed by atoms with Crippen molar-refractivity contribution >= 4 is 11.8 Å². The lowest BCUT2D eigenvalue weighted by Gasteiger charge is -2.18. The summed E-state index contributed by atoms with van der Waals surface area (Å²) in [6, 6.07) is 0. The van der Waals surface area contributed by atoms with Crippen LogP contribution in [0.25, 0.3) is 0 Å². The van der Waals surface area contributed by atoms with E-state index in [1.807, 2.05) is 0 Å². The number of hydrogen-bond acceptors (Lipinski definition) is 3. The number of thioether (sulfide) groups is 1. The van der Waals surface area contributed by atoms with Crippen LogP contribution in [0.2, 0.25) is 0 Å². The maximum Gasteiger partial charge on any atom is -0.00111 e. The molecule has 0 unspecified atom stereocenters. The Morgan fingerprint density at radius 2 is 1.00 bits per heavy atom. The van der Waals surface area contributed by atoms with Gasteiger partial charge in [0.25, 0.3) is 0 Å². The van der Waals surface area contributed by atoms with E-state index in [4.69, 9.17) is 0 Å². The molecule has 0 aromatic carbocycles. The van der Waals surface area contributed by atoms with Gasteiger partial charge in [-0.15, -0.1) is 0 Å². The van der Waals surface area contributed by atoms with Crippen LogP contribution in [0.5, 0.6) is 0 Å². The molecule has 0 radical (unpaired) electrons. The summed E-state index contributed by atoms with van der Waals surface area (Å²) in [4.78, 5) is 5.02. The molecule has 0 N–H and O–H groups in total. The molecule has 0 spiro atoms. The van der Waals surface area contributed by atoms with Gasteiger partial charge in [0.05, 0.1) is 0 Å². The summed E-state index contributed by atoms with van der Waals surface area (Å²) in [7, 11) is 0. The van der Waals surface area contributed by atoms with Crippen LogP contribution >= 0.6 is 11.8 Å². The second-order valence-electron chi connectivity index (χ2n) is 4.37. The van der Waals surface area contributed by atoms with Crippen LogP contribution in [-0.2, 0) is 0 Å². The molecule has 0 saturated carbocycles. The van der Waals surface area contributed by atoms with Gasteiger partial charge in [-0.3, -0.25) is 0 Å². The van der Waals surface area contributed by atoms with Crippen molar-refractivity contribution in [3.05, 3.63) is 0 Å². The topological polar surface area (TPSA) is 6.48 Å². The van der Waals surface area contributed by atoms with E-state index < -0.39 is 0 Å². The Hall–Kier alpha value is 0.270. The first-order valence-corrected chi connectivity index (χ1v) is 8.46. The smallest absolute Gasteiger partial charge is 0.00111 e. The lowest BCUT2D eigenvalue weighted by atomic mass is 10.4. The van der Waals surface area contributed by atoms with Crippen LogP contribution in [0.3, 0.4) is 0 Å². The highest BCUT2D eigenvalue weighted by Crippen LogP contribution is 2.06. The second kappa shape index (κ2) is 12.7. The Morgan fingerprint density at radius 1 is 0.647 bits per heavy atom. The maximum absolute atomic E-state index is 2.51. The molecule has 0 aliphatic carbocycles. The van der Waals surface area contributed by atoms with E-state index in [0.29, 0.717) is 0 Å². The molecule has 3 heteroatoms. The highest BCUT2D eigenvalue weighted by Gasteiger charge is 2.00. The predicted octanol–water partition coefficient (Wildman–Crippen LogP) is 3.18. The average molecular weight is 260 g/mol. The third kappa shape index (κ3) is 9.93. The number of nitrogens with zero attached hydrogens (tertiary/aromatic N) is 2. The first-order valence-electron chi connectivity index (χ1n) is 7.30. The maximum atomic E-state index is 2.51. The summed E-state index contributed by atoms with van der Waals surface area (Å²) in [5.41, 5.74) is 0. The summed E-state index contributed by atoms with van der Waals surface area (Å²) in [5.74, 6) is 2.66. The third-order valence-electron chi connectivity index (χ3n) is 3.31. The van der Waals surface area contributed by atoms with Crippen molar-refractivity contribution in [2.24, 2.45) is 0 Å². The minimum absolute atomic E-state index is 1.20. The Labute approximate surface area is 113 Å². The molecule has 2 nitrogen and oxygen atoms in total. The Kier molecular flexibility index (Phi) is 12.9. The second-order valence-corrected chi connectivity index (χ2v) is 5.60. The molecule has 0 amide bonds. The van der Waals surface area contributed by atoms with Crippen LogP contribution in [0, 0.1) is 0 Å².